The maximum atomic E-state index is 10.4. The van der Waals surface area contributed by atoms with Gasteiger partial charge in [-0.2, -0.15) is 0 Å². The van der Waals surface area contributed by atoms with Gasteiger partial charge in [-0.1, -0.05) is 11.6 Å². The second-order valence-electron chi connectivity index (χ2n) is 3.96. The first-order valence-corrected chi connectivity index (χ1v) is 6.18. The predicted octanol–water partition coefficient (Wildman–Crippen LogP) is 2.58. The summed E-state index contributed by atoms with van der Waals surface area (Å²) in [5.41, 5.74) is 0.640. The van der Waals surface area contributed by atoms with Crippen molar-refractivity contribution in [2.24, 2.45) is 0 Å². The van der Waals surface area contributed by atoms with Crippen molar-refractivity contribution in [2.75, 3.05) is 0 Å². The van der Waals surface area contributed by atoms with E-state index in [1.807, 2.05) is 0 Å². The fourth-order valence-corrected chi connectivity index (χ4v) is 1.76. The Labute approximate surface area is 114 Å². The van der Waals surface area contributed by atoms with Gasteiger partial charge in [-0.15, -0.1) is 10.2 Å². The van der Waals surface area contributed by atoms with E-state index < -0.39 is 5.97 Å². The number of halogens is 1. The number of pyridine rings is 1. The molecule has 0 aromatic carbocycles. The van der Waals surface area contributed by atoms with Gasteiger partial charge in [0.25, 0.3) is 0 Å². The van der Waals surface area contributed by atoms with E-state index in [1.54, 1.807) is 12.3 Å². The van der Waals surface area contributed by atoms with Crippen molar-refractivity contribution in [1.29, 1.82) is 0 Å². The highest BCUT2D eigenvalue weighted by molar-refractivity contribution is 6.32. The van der Waals surface area contributed by atoms with E-state index in [0.29, 0.717) is 41.6 Å². The minimum Gasteiger partial charge on any atom is -0.481 e. The zero-order valence-electron chi connectivity index (χ0n) is 10.0. The molecule has 2 heterocycles. The molecule has 2 rings (SSSR count). The number of hydrogen-bond donors (Lipinski definition) is 1. The third-order valence-corrected chi connectivity index (χ3v) is 2.80. The van der Waals surface area contributed by atoms with Crippen molar-refractivity contribution in [3.8, 4) is 11.5 Å². The molecule has 19 heavy (non-hydrogen) atoms. The Bertz CT molecular complexity index is 571. The van der Waals surface area contributed by atoms with E-state index in [9.17, 15) is 4.79 Å². The molecule has 0 spiro atoms. The number of carboxylic acid groups (broad SMARTS) is 1. The molecule has 2 aromatic rings. The number of unbranched alkanes of at least 4 members (excludes halogenated alkanes) is 1. The zero-order valence-corrected chi connectivity index (χ0v) is 10.8. The van der Waals surface area contributed by atoms with Gasteiger partial charge in [0, 0.05) is 25.2 Å². The van der Waals surface area contributed by atoms with Gasteiger partial charge in [0.15, 0.2) is 0 Å². The van der Waals surface area contributed by atoms with Crippen LogP contribution in [0.3, 0.4) is 0 Å². The molecule has 0 radical (unpaired) electrons. The third-order valence-electron chi connectivity index (χ3n) is 2.50. The minimum absolute atomic E-state index is 0.150. The first-order chi connectivity index (χ1) is 9.16. The van der Waals surface area contributed by atoms with Crippen LogP contribution in [0.15, 0.2) is 22.9 Å². The molecule has 0 saturated heterocycles. The van der Waals surface area contributed by atoms with Gasteiger partial charge in [0.05, 0.1) is 10.6 Å². The van der Waals surface area contributed by atoms with Gasteiger partial charge in [-0.3, -0.25) is 9.78 Å². The Morgan fingerprint density at radius 3 is 2.95 bits per heavy atom. The Kier molecular flexibility index (Phi) is 4.46. The second-order valence-corrected chi connectivity index (χ2v) is 4.36. The number of aromatic nitrogens is 3. The minimum atomic E-state index is -0.796. The summed E-state index contributed by atoms with van der Waals surface area (Å²) in [6.07, 6.45) is 5.09. The molecule has 0 amide bonds. The molecule has 0 bridgehead atoms. The van der Waals surface area contributed by atoms with Gasteiger partial charge in [0.1, 0.15) is 0 Å². The number of carboxylic acids is 1. The molecule has 6 nitrogen and oxygen atoms in total. The summed E-state index contributed by atoms with van der Waals surface area (Å²) in [6.45, 7) is 0. The Balaban J connectivity index is 1.96. The molecule has 7 heteroatoms. The Morgan fingerprint density at radius 2 is 2.21 bits per heavy atom. The fourth-order valence-electron chi connectivity index (χ4n) is 1.56. The molecule has 2 aromatic heterocycles. The second kappa shape index (κ2) is 6.29. The van der Waals surface area contributed by atoms with Crippen LogP contribution in [-0.2, 0) is 11.2 Å². The van der Waals surface area contributed by atoms with E-state index in [0.717, 1.165) is 0 Å². The SMILES string of the molecule is O=C(O)CCCCc1nnc(-c2ccncc2Cl)o1. The lowest BCUT2D eigenvalue weighted by Gasteiger charge is -1.96. The van der Waals surface area contributed by atoms with Crippen LogP contribution in [0.2, 0.25) is 5.02 Å². The highest BCUT2D eigenvalue weighted by Crippen LogP contribution is 2.25. The topological polar surface area (TPSA) is 89.1 Å². The smallest absolute Gasteiger partial charge is 0.303 e. The zero-order chi connectivity index (χ0) is 13.7. The molecule has 0 fully saturated rings. The average molecular weight is 282 g/mol. The van der Waals surface area contributed by atoms with Crippen LogP contribution in [0.1, 0.15) is 25.2 Å². The van der Waals surface area contributed by atoms with E-state index >= 15 is 0 Å². The number of aliphatic carboxylic acids is 1. The van der Waals surface area contributed by atoms with E-state index in [4.69, 9.17) is 21.1 Å². The van der Waals surface area contributed by atoms with Crippen LogP contribution in [0.4, 0.5) is 0 Å². The highest BCUT2D eigenvalue weighted by atomic mass is 35.5. The molecular weight excluding hydrogens is 270 g/mol. The number of nitrogens with zero attached hydrogens (tertiary/aromatic N) is 3. The van der Waals surface area contributed by atoms with Gasteiger partial charge in [0.2, 0.25) is 11.8 Å². The Morgan fingerprint density at radius 1 is 1.37 bits per heavy atom. The van der Waals surface area contributed by atoms with E-state index in [1.165, 1.54) is 6.20 Å². The molecule has 0 aliphatic rings. The van der Waals surface area contributed by atoms with Crippen LogP contribution in [-0.4, -0.2) is 26.3 Å². The lowest BCUT2D eigenvalue weighted by atomic mass is 10.2. The normalized spacial score (nSPS) is 10.6. The summed E-state index contributed by atoms with van der Waals surface area (Å²) in [4.78, 5) is 14.2. The quantitative estimate of drug-likeness (QED) is 0.819. The van der Waals surface area contributed by atoms with Crippen LogP contribution < -0.4 is 0 Å². The summed E-state index contributed by atoms with van der Waals surface area (Å²) in [5, 5.41) is 16.8. The van der Waals surface area contributed by atoms with Crippen LogP contribution in [0, 0.1) is 0 Å². The van der Waals surface area contributed by atoms with Crippen molar-refractivity contribution in [3.63, 3.8) is 0 Å². The highest BCUT2D eigenvalue weighted by Gasteiger charge is 2.11. The van der Waals surface area contributed by atoms with E-state index in [-0.39, 0.29) is 6.42 Å². The summed E-state index contributed by atoms with van der Waals surface area (Å²) < 4.78 is 5.48. The van der Waals surface area contributed by atoms with Gasteiger partial charge >= 0.3 is 5.97 Å². The predicted molar refractivity (Wildman–Crippen MR) is 67.7 cm³/mol. The molecule has 0 unspecified atom stereocenters. The number of hydrogen-bond acceptors (Lipinski definition) is 5. The summed E-state index contributed by atoms with van der Waals surface area (Å²) in [6, 6.07) is 1.70. The summed E-state index contributed by atoms with van der Waals surface area (Å²) >= 11 is 5.97. The van der Waals surface area contributed by atoms with Crippen LogP contribution in [0.5, 0.6) is 0 Å². The maximum absolute atomic E-state index is 10.4. The Hall–Kier alpha value is -1.95. The summed E-state index contributed by atoms with van der Waals surface area (Å²) in [7, 11) is 0. The molecular formula is C12H12ClN3O3. The lowest BCUT2D eigenvalue weighted by Crippen LogP contribution is -1.95. The van der Waals surface area contributed by atoms with Crippen molar-refractivity contribution >= 4 is 17.6 Å². The van der Waals surface area contributed by atoms with Crippen LogP contribution >= 0.6 is 11.6 Å². The largest absolute Gasteiger partial charge is 0.481 e. The fraction of sp³-hybridized carbons (Fsp3) is 0.333. The number of carbonyl (C=O) groups is 1. The first-order valence-electron chi connectivity index (χ1n) is 5.81. The van der Waals surface area contributed by atoms with Crippen molar-refractivity contribution < 1.29 is 14.3 Å². The number of aryl methyl sites for hydroxylation is 1. The van der Waals surface area contributed by atoms with Crippen molar-refractivity contribution in [3.05, 3.63) is 29.4 Å². The van der Waals surface area contributed by atoms with Gasteiger partial charge in [-0.05, 0) is 18.9 Å². The third kappa shape index (κ3) is 3.75. The molecule has 0 aliphatic carbocycles. The molecule has 0 saturated carbocycles. The van der Waals surface area contributed by atoms with Gasteiger partial charge < -0.3 is 9.52 Å². The lowest BCUT2D eigenvalue weighted by molar-refractivity contribution is -0.137. The van der Waals surface area contributed by atoms with Crippen LogP contribution in [0.25, 0.3) is 11.5 Å². The molecule has 0 atom stereocenters. The monoisotopic (exact) mass is 281 g/mol. The average Bonchev–Trinajstić information content (AvgIpc) is 2.83. The van der Waals surface area contributed by atoms with E-state index in [2.05, 4.69) is 15.2 Å². The first kappa shape index (κ1) is 13.5. The van der Waals surface area contributed by atoms with Crippen molar-refractivity contribution in [1.82, 2.24) is 15.2 Å². The molecule has 0 aliphatic heterocycles. The summed E-state index contributed by atoms with van der Waals surface area (Å²) in [5.74, 6) is 0.0312. The maximum Gasteiger partial charge on any atom is 0.303 e. The number of rotatable bonds is 6. The standard InChI is InChI=1S/C12H12ClN3O3/c13-9-7-14-6-5-8(9)12-16-15-10(19-12)3-1-2-4-11(17)18/h5-7H,1-4H2,(H,17,18). The molecule has 100 valence electrons. The molecule has 1 N–H and O–H groups in total. The van der Waals surface area contributed by atoms with Crippen molar-refractivity contribution in [2.45, 2.75) is 25.7 Å². The van der Waals surface area contributed by atoms with Gasteiger partial charge in [-0.25, -0.2) is 0 Å².